The van der Waals surface area contributed by atoms with Crippen molar-refractivity contribution in [1.29, 1.82) is 0 Å². The molecule has 0 aliphatic heterocycles. The Morgan fingerprint density at radius 1 is 1.19 bits per heavy atom. The minimum Gasteiger partial charge on any atom is -0.466 e. The molecule has 6 heteroatoms. The van der Waals surface area contributed by atoms with Gasteiger partial charge in [0, 0.05) is 30.3 Å². The van der Waals surface area contributed by atoms with Crippen molar-refractivity contribution in [2.45, 2.75) is 40.0 Å². The molecule has 0 unspecified atom stereocenters. The van der Waals surface area contributed by atoms with Gasteiger partial charge in [-0.25, -0.2) is 4.98 Å². The topological polar surface area (TPSA) is 72.2 Å². The molecule has 0 bridgehead atoms. The van der Waals surface area contributed by atoms with Crippen molar-refractivity contribution >= 4 is 28.2 Å². The van der Waals surface area contributed by atoms with Gasteiger partial charge in [-0.3, -0.25) is 9.59 Å². The standard InChI is InChI=1S/C21H22N2O3S/c1-13-4-6-16(7-5-13)10-18-12-22-21(27-18)23-20(25)9-8-17-11-19(14(2)24)15(3)26-17/h4-7,11-12H,8-10H2,1-3H3,(H,22,23,25). The van der Waals surface area contributed by atoms with Gasteiger partial charge in [0.2, 0.25) is 5.91 Å². The normalized spacial score (nSPS) is 10.8. The number of aromatic nitrogens is 1. The van der Waals surface area contributed by atoms with Gasteiger partial charge in [-0.1, -0.05) is 29.8 Å². The van der Waals surface area contributed by atoms with E-state index in [-0.39, 0.29) is 18.1 Å². The Labute approximate surface area is 162 Å². The van der Waals surface area contributed by atoms with E-state index >= 15 is 0 Å². The van der Waals surface area contributed by atoms with Crippen molar-refractivity contribution in [3.8, 4) is 0 Å². The fraction of sp³-hybridized carbons (Fsp3) is 0.286. The van der Waals surface area contributed by atoms with Crippen molar-refractivity contribution in [3.63, 3.8) is 0 Å². The summed E-state index contributed by atoms with van der Waals surface area (Å²) in [7, 11) is 0. The van der Waals surface area contributed by atoms with E-state index < -0.39 is 0 Å². The maximum absolute atomic E-state index is 12.2. The van der Waals surface area contributed by atoms with Gasteiger partial charge in [0.25, 0.3) is 0 Å². The van der Waals surface area contributed by atoms with Crippen LogP contribution in [0.1, 0.15) is 51.2 Å². The van der Waals surface area contributed by atoms with Gasteiger partial charge >= 0.3 is 0 Å². The average molecular weight is 382 g/mol. The number of nitrogens with one attached hydrogen (secondary N) is 1. The molecule has 2 aromatic heterocycles. The lowest BCUT2D eigenvalue weighted by atomic mass is 10.1. The summed E-state index contributed by atoms with van der Waals surface area (Å²) < 4.78 is 5.54. The summed E-state index contributed by atoms with van der Waals surface area (Å²) >= 11 is 1.48. The zero-order valence-corrected chi connectivity index (χ0v) is 16.5. The van der Waals surface area contributed by atoms with Gasteiger partial charge in [-0.15, -0.1) is 11.3 Å². The highest BCUT2D eigenvalue weighted by atomic mass is 32.1. The van der Waals surface area contributed by atoms with Crippen LogP contribution in [0.3, 0.4) is 0 Å². The number of rotatable bonds is 7. The van der Waals surface area contributed by atoms with Crippen molar-refractivity contribution in [2.24, 2.45) is 0 Å². The molecule has 0 aliphatic rings. The number of carbonyl (C=O) groups is 2. The van der Waals surface area contributed by atoms with Crippen LogP contribution in [0.2, 0.25) is 0 Å². The summed E-state index contributed by atoms with van der Waals surface area (Å²) in [5, 5.41) is 3.43. The van der Waals surface area contributed by atoms with Crippen LogP contribution in [0, 0.1) is 13.8 Å². The Bertz CT molecular complexity index is 954. The number of hydrogen-bond acceptors (Lipinski definition) is 5. The highest BCUT2D eigenvalue weighted by Gasteiger charge is 2.13. The summed E-state index contributed by atoms with van der Waals surface area (Å²) in [4.78, 5) is 29.0. The predicted octanol–water partition coefficient (Wildman–Crippen LogP) is 4.72. The lowest BCUT2D eigenvalue weighted by molar-refractivity contribution is -0.116. The molecule has 27 heavy (non-hydrogen) atoms. The summed E-state index contributed by atoms with van der Waals surface area (Å²) in [5.41, 5.74) is 3.03. The first-order valence-corrected chi connectivity index (χ1v) is 9.62. The summed E-state index contributed by atoms with van der Waals surface area (Å²) in [6, 6.07) is 10.1. The highest BCUT2D eigenvalue weighted by molar-refractivity contribution is 7.15. The minimum atomic E-state index is -0.121. The van der Waals surface area contributed by atoms with Gasteiger partial charge in [0.05, 0.1) is 5.56 Å². The first-order valence-electron chi connectivity index (χ1n) is 8.81. The third-order valence-electron chi connectivity index (χ3n) is 4.25. The second-order valence-electron chi connectivity index (χ2n) is 6.58. The number of ketones is 1. The molecule has 1 aromatic carbocycles. The Balaban J connectivity index is 1.52. The lowest BCUT2D eigenvalue weighted by Gasteiger charge is -2.00. The number of nitrogens with zero attached hydrogens (tertiary/aromatic N) is 1. The van der Waals surface area contributed by atoms with Crippen LogP contribution in [-0.4, -0.2) is 16.7 Å². The summed E-state index contributed by atoms with van der Waals surface area (Å²) in [6.45, 7) is 5.32. The van der Waals surface area contributed by atoms with Crippen LogP contribution in [-0.2, 0) is 17.6 Å². The molecule has 5 nitrogen and oxygen atoms in total. The second-order valence-corrected chi connectivity index (χ2v) is 7.70. The van der Waals surface area contributed by atoms with Crippen molar-refractivity contribution in [2.75, 3.05) is 5.32 Å². The van der Waals surface area contributed by atoms with Gasteiger partial charge in [-0.2, -0.15) is 0 Å². The first kappa shape index (κ1) is 19.0. The number of benzene rings is 1. The van der Waals surface area contributed by atoms with Gasteiger partial charge in [0.15, 0.2) is 10.9 Å². The van der Waals surface area contributed by atoms with E-state index in [2.05, 4.69) is 41.5 Å². The van der Waals surface area contributed by atoms with Gasteiger partial charge in [0.1, 0.15) is 11.5 Å². The molecule has 1 amide bonds. The predicted molar refractivity (Wildman–Crippen MR) is 106 cm³/mol. The number of hydrogen-bond donors (Lipinski definition) is 1. The quantitative estimate of drug-likeness (QED) is 0.600. The number of amides is 1. The van der Waals surface area contributed by atoms with Crippen LogP contribution >= 0.6 is 11.3 Å². The molecule has 1 N–H and O–H groups in total. The number of thiazole rings is 1. The summed E-state index contributed by atoms with van der Waals surface area (Å²) in [5.74, 6) is 1.09. The fourth-order valence-corrected chi connectivity index (χ4v) is 3.65. The molecule has 3 aromatic rings. The van der Waals surface area contributed by atoms with Crippen LogP contribution in [0.25, 0.3) is 0 Å². The van der Waals surface area contributed by atoms with E-state index in [1.165, 1.54) is 29.4 Å². The number of furan rings is 1. The van der Waals surface area contributed by atoms with E-state index in [0.717, 1.165) is 11.3 Å². The molecule has 0 spiro atoms. The van der Waals surface area contributed by atoms with Gasteiger partial charge < -0.3 is 9.73 Å². The molecule has 0 aliphatic carbocycles. The number of anilines is 1. The van der Waals surface area contributed by atoms with E-state index in [9.17, 15) is 9.59 Å². The van der Waals surface area contributed by atoms with E-state index in [1.54, 1.807) is 19.2 Å². The van der Waals surface area contributed by atoms with Gasteiger partial charge in [-0.05, 0) is 32.4 Å². The van der Waals surface area contributed by atoms with Crippen LogP contribution in [0.5, 0.6) is 0 Å². The van der Waals surface area contributed by atoms with Crippen LogP contribution < -0.4 is 5.32 Å². The highest BCUT2D eigenvalue weighted by Crippen LogP contribution is 2.22. The molecule has 0 radical (unpaired) electrons. The SMILES string of the molecule is CC(=O)c1cc(CCC(=O)Nc2ncc(Cc3ccc(C)cc3)s2)oc1C. The Morgan fingerprint density at radius 3 is 2.59 bits per heavy atom. The Hall–Kier alpha value is -2.73. The zero-order valence-electron chi connectivity index (χ0n) is 15.7. The molecule has 0 fully saturated rings. The fourth-order valence-electron chi connectivity index (χ4n) is 2.79. The van der Waals surface area contributed by atoms with E-state index in [4.69, 9.17) is 4.42 Å². The van der Waals surface area contributed by atoms with E-state index in [1.807, 2.05) is 0 Å². The molecule has 0 atom stereocenters. The Kier molecular flexibility index (Phi) is 5.86. The number of aryl methyl sites for hydroxylation is 3. The molecule has 0 saturated carbocycles. The smallest absolute Gasteiger partial charge is 0.226 e. The second kappa shape index (κ2) is 8.31. The van der Waals surface area contributed by atoms with Crippen molar-refractivity contribution in [1.82, 2.24) is 4.98 Å². The van der Waals surface area contributed by atoms with Crippen molar-refractivity contribution in [3.05, 3.63) is 69.6 Å². The number of Topliss-reactive ketones (excluding diaryl/α,β-unsaturated/α-hetero) is 1. The molecule has 0 saturated heterocycles. The minimum absolute atomic E-state index is 0.0316. The first-order chi connectivity index (χ1) is 12.9. The molecule has 3 rings (SSSR count). The summed E-state index contributed by atoms with van der Waals surface area (Å²) in [6.07, 6.45) is 3.32. The maximum Gasteiger partial charge on any atom is 0.226 e. The van der Waals surface area contributed by atoms with Crippen molar-refractivity contribution < 1.29 is 14.0 Å². The molecule has 140 valence electrons. The Morgan fingerprint density at radius 2 is 1.93 bits per heavy atom. The number of carbonyl (C=O) groups excluding carboxylic acids is 2. The third-order valence-corrected chi connectivity index (χ3v) is 5.16. The average Bonchev–Trinajstić information content (AvgIpc) is 3.21. The third kappa shape index (κ3) is 5.14. The maximum atomic E-state index is 12.2. The molecule has 2 heterocycles. The largest absolute Gasteiger partial charge is 0.466 e. The molecular weight excluding hydrogens is 360 g/mol. The monoisotopic (exact) mass is 382 g/mol. The lowest BCUT2D eigenvalue weighted by Crippen LogP contribution is -2.11. The van der Waals surface area contributed by atoms with Crippen LogP contribution in [0.15, 0.2) is 40.9 Å². The zero-order chi connectivity index (χ0) is 19.4. The van der Waals surface area contributed by atoms with E-state index in [0.29, 0.717) is 28.6 Å². The van der Waals surface area contributed by atoms with Crippen LogP contribution in [0.4, 0.5) is 5.13 Å². The molecular formula is C21H22N2O3S.